The van der Waals surface area contributed by atoms with Gasteiger partial charge in [0.15, 0.2) is 0 Å². The second kappa shape index (κ2) is 9.78. The fourth-order valence-corrected chi connectivity index (χ4v) is 6.14. The van der Waals surface area contributed by atoms with Gasteiger partial charge >= 0.3 is 0 Å². The summed E-state index contributed by atoms with van der Waals surface area (Å²) in [5, 5.41) is 3.48. The molecule has 0 saturated carbocycles. The van der Waals surface area contributed by atoms with E-state index in [-0.39, 0.29) is 11.8 Å². The van der Waals surface area contributed by atoms with Crippen LogP contribution in [0.3, 0.4) is 0 Å². The zero-order chi connectivity index (χ0) is 21.0. The Bertz CT molecular complexity index is 949. The van der Waals surface area contributed by atoms with Crippen LogP contribution in [-0.2, 0) is 27.7 Å². The molecule has 0 amide bonds. The summed E-state index contributed by atoms with van der Waals surface area (Å²) in [6.45, 7) is 4.43. The number of sulfonamides is 1. The molecule has 0 radical (unpaired) electrons. The van der Waals surface area contributed by atoms with Gasteiger partial charge in [0.05, 0.1) is 19.0 Å². The Morgan fingerprint density at radius 1 is 1.10 bits per heavy atom. The number of benzene rings is 2. The summed E-state index contributed by atoms with van der Waals surface area (Å²) in [5.41, 5.74) is 3.14. The van der Waals surface area contributed by atoms with E-state index in [0.717, 1.165) is 34.4 Å². The third-order valence-corrected chi connectivity index (χ3v) is 8.10. The Balaban J connectivity index is 1.57. The minimum Gasteiger partial charge on any atom is -0.383 e. The maximum Gasteiger partial charge on any atom is 0.215 e. The van der Waals surface area contributed by atoms with Gasteiger partial charge < -0.3 is 10.1 Å². The summed E-state index contributed by atoms with van der Waals surface area (Å²) in [6.07, 6.45) is 0.680. The largest absolute Gasteiger partial charge is 0.383 e. The number of hydrogen-bond donors (Lipinski definition) is 1. The molecule has 1 fully saturated rings. The number of ether oxygens (including phenoxy) is 1. The molecule has 2 heterocycles. The van der Waals surface area contributed by atoms with Crippen molar-refractivity contribution in [3.63, 3.8) is 0 Å². The van der Waals surface area contributed by atoms with Crippen LogP contribution in [0.15, 0.2) is 53.0 Å². The monoisotopic (exact) mass is 493 g/mol. The van der Waals surface area contributed by atoms with E-state index < -0.39 is 10.0 Å². The molecule has 162 valence electrons. The number of fused-ring (bicyclic) bond motifs is 1. The van der Waals surface area contributed by atoms with Crippen LogP contribution in [0.25, 0.3) is 0 Å². The molecule has 0 bridgehead atoms. The van der Waals surface area contributed by atoms with Crippen molar-refractivity contribution in [2.75, 3.05) is 50.5 Å². The van der Waals surface area contributed by atoms with E-state index in [1.165, 1.54) is 0 Å². The summed E-state index contributed by atoms with van der Waals surface area (Å²) in [7, 11) is -3.44. The molecule has 4 rings (SSSR count). The number of rotatable bonds is 6. The third kappa shape index (κ3) is 5.42. The number of halogens is 1. The van der Waals surface area contributed by atoms with Gasteiger partial charge in [0.1, 0.15) is 0 Å². The molecule has 0 spiro atoms. The Morgan fingerprint density at radius 3 is 2.63 bits per heavy atom. The average Bonchev–Trinajstić information content (AvgIpc) is 2.94. The molecule has 0 unspecified atom stereocenters. The standard InChI is InChI=1S/C22H28BrN3O3S/c23-20-6-7-22-19(15-20)17-26(21(16-24-22)14-18-4-2-1-3-5-18)30(27,28)13-10-25-8-11-29-12-9-25/h1-7,15,21,24H,8-14,16-17H2/t21-/m1/s1. The van der Waals surface area contributed by atoms with Crippen molar-refractivity contribution in [2.45, 2.75) is 19.0 Å². The van der Waals surface area contributed by atoms with E-state index >= 15 is 0 Å². The lowest BCUT2D eigenvalue weighted by molar-refractivity contribution is 0.0406. The Hall–Kier alpha value is -1.45. The summed E-state index contributed by atoms with van der Waals surface area (Å²) >= 11 is 3.52. The Morgan fingerprint density at radius 2 is 1.87 bits per heavy atom. The highest BCUT2D eigenvalue weighted by Gasteiger charge is 2.33. The van der Waals surface area contributed by atoms with Gasteiger partial charge in [-0.1, -0.05) is 46.3 Å². The van der Waals surface area contributed by atoms with Gasteiger partial charge in [-0.15, -0.1) is 0 Å². The summed E-state index contributed by atoms with van der Waals surface area (Å²) in [6, 6.07) is 16.0. The fraction of sp³-hybridized carbons (Fsp3) is 0.455. The minimum atomic E-state index is -3.44. The maximum absolute atomic E-state index is 13.5. The molecule has 0 aliphatic carbocycles. The van der Waals surface area contributed by atoms with Gasteiger partial charge in [-0.25, -0.2) is 8.42 Å². The van der Waals surface area contributed by atoms with Crippen molar-refractivity contribution >= 4 is 31.6 Å². The smallest absolute Gasteiger partial charge is 0.215 e. The number of anilines is 1. The van der Waals surface area contributed by atoms with Crippen molar-refractivity contribution in [3.05, 3.63) is 64.1 Å². The first-order chi connectivity index (χ1) is 14.5. The molecular weight excluding hydrogens is 466 g/mol. The molecule has 1 N–H and O–H groups in total. The van der Waals surface area contributed by atoms with Crippen molar-refractivity contribution in [1.82, 2.24) is 9.21 Å². The van der Waals surface area contributed by atoms with Crippen LogP contribution in [0, 0.1) is 0 Å². The number of morpholine rings is 1. The van der Waals surface area contributed by atoms with Gasteiger partial charge in [0.2, 0.25) is 10.0 Å². The van der Waals surface area contributed by atoms with Crippen molar-refractivity contribution in [1.29, 1.82) is 0 Å². The van der Waals surface area contributed by atoms with E-state index in [0.29, 0.717) is 39.3 Å². The first kappa shape index (κ1) is 21.8. The van der Waals surface area contributed by atoms with Crippen LogP contribution in [0.1, 0.15) is 11.1 Å². The molecule has 2 aliphatic heterocycles. The van der Waals surface area contributed by atoms with Gasteiger partial charge in [0.25, 0.3) is 0 Å². The molecule has 1 atom stereocenters. The number of nitrogens with one attached hydrogen (secondary N) is 1. The second-order valence-electron chi connectivity index (χ2n) is 7.84. The topological polar surface area (TPSA) is 61.9 Å². The van der Waals surface area contributed by atoms with Gasteiger partial charge in [-0.3, -0.25) is 4.90 Å². The lowest BCUT2D eigenvalue weighted by Crippen LogP contribution is -2.47. The van der Waals surface area contributed by atoms with Crippen LogP contribution >= 0.6 is 15.9 Å². The minimum absolute atomic E-state index is 0.127. The molecule has 30 heavy (non-hydrogen) atoms. The molecule has 2 aliphatic rings. The summed E-state index contributed by atoms with van der Waals surface area (Å²) in [4.78, 5) is 2.17. The van der Waals surface area contributed by atoms with Crippen LogP contribution in [0.5, 0.6) is 0 Å². The second-order valence-corrected chi connectivity index (χ2v) is 10.8. The first-order valence-corrected chi connectivity index (χ1v) is 12.8. The van der Waals surface area contributed by atoms with Crippen LogP contribution in [0.4, 0.5) is 5.69 Å². The summed E-state index contributed by atoms with van der Waals surface area (Å²) < 4.78 is 35.1. The van der Waals surface area contributed by atoms with Crippen LogP contribution < -0.4 is 5.32 Å². The molecule has 2 aromatic rings. The van der Waals surface area contributed by atoms with Gasteiger partial charge in [-0.2, -0.15) is 4.31 Å². The molecule has 0 aromatic heterocycles. The van der Waals surface area contributed by atoms with Crippen LogP contribution in [0.2, 0.25) is 0 Å². The summed E-state index contributed by atoms with van der Waals surface area (Å²) in [5.74, 6) is 0.127. The van der Waals surface area contributed by atoms with Crippen LogP contribution in [-0.4, -0.2) is 68.8 Å². The van der Waals surface area contributed by atoms with Gasteiger partial charge in [0, 0.05) is 48.9 Å². The highest BCUT2D eigenvalue weighted by molar-refractivity contribution is 9.10. The zero-order valence-electron chi connectivity index (χ0n) is 17.0. The molecule has 2 aromatic carbocycles. The highest BCUT2D eigenvalue weighted by Crippen LogP contribution is 2.29. The van der Waals surface area contributed by atoms with Crippen molar-refractivity contribution in [2.24, 2.45) is 0 Å². The maximum atomic E-state index is 13.5. The highest BCUT2D eigenvalue weighted by atomic mass is 79.9. The fourth-order valence-electron chi connectivity index (χ4n) is 4.06. The lowest BCUT2D eigenvalue weighted by atomic mass is 10.1. The van der Waals surface area contributed by atoms with E-state index in [4.69, 9.17) is 4.74 Å². The van der Waals surface area contributed by atoms with Crippen molar-refractivity contribution in [3.8, 4) is 0 Å². The van der Waals surface area contributed by atoms with E-state index in [9.17, 15) is 8.42 Å². The number of hydrogen-bond acceptors (Lipinski definition) is 5. The predicted octanol–water partition coefficient (Wildman–Crippen LogP) is 2.95. The predicted molar refractivity (Wildman–Crippen MR) is 123 cm³/mol. The molecule has 8 heteroatoms. The number of nitrogens with zero attached hydrogens (tertiary/aromatic N) is 2. The molecular formula is C22H28BrN3O3S. The quantitative estimate of drug-likeness (QED) is 0.670. The molecule has 6 nitrogen and oxygen atoms in total. The Labute approximate surface area is 187 Å². The Kier molecular flexibility index (Phi) is 7.10. The average molecular weight is 494 g/mol. The first-order valence-electron chi connectivity index (χ1n) is 10.4. The third-order valence-electron chi connectivity index (χ3n) is 5.77. The van der Waals surface area contributed by atoms with Gasteiger partial charge in [-0.05, 0) is 35.7 Å². The zero-order valence-corrected chi connectivity index (χ0v) is 19.4. The van der Waals surface area contributed by atoms with E-state index in [1.54, 1.807) is 4.31 Å². The van der Waals surface area contributed by atoms with E-state index in [2.05, 4.69) is 38.3 Å². The SMILES string of the molecule is O=S(=O)(CCN1CCOCC1)N1Cc2cc(Br)ccc2NC[C@H]1Cc1ccccc1. The molecule has 1 saturated heterocycles. The van der Waals surface area contributed by atoms with Crippen molar-refractivity contribution < 1.29 is 13.2 Å². The normalized spacial score (nSPS) is 20.9. The van der Waals surface area contributed by atoms with E-state index in [1.807, 2.05) is 36.4 Å². The lowest BCUT2D eigenvalue weighted by Gasteiger charge is -2.31.